The van der Waals surface area contributed by atoms with Gasteiger partial charge >= 0.3 is 0 Å². The molecule has 0 saturated heterocycles. The normalized spacial score (nSPS) is 17.9. The van der Waals surface area contributed by atoms with Crippen LogP contribution >= 0.6 is 0 Å². The summed E-state index contributed by atoms with van der Waals surface area (Å²) in [7, 11) is 0. The lowest BCUT2D eigenvalue weighted by Crippen LogP contribution is -2.36. The second-order valence-electron chi connectivity index (χ2n) is 8.69. The Morgan fingerprint density at radius 1 is 0.903 bits per heavy atom. The number of nitrogens with one attached hydrogen (secondary N) is 1. The van der Waals surface area contributed by atoms with E-state index in [1.54, 1.807) is 0 Å². The molecule has 0 bridgehead atoms. The maximum atomic E-state index is 14.1. The van der Waals surface area contributed by atoms with E-state index in [0.29, 0.717) is 18.6 Å². The Hall–Kier alpha value is -2.30. The zero-order valence-corrected chi connectivity index (χ0v) is 18.2. The molecule has 1 aliphatic rings. The van der Waals surface area contributed by atoms with E-state index >= 15 is 0 Å². The Labute approximate surface area is 183 Å². The van der Waals surface area contributed by atoms with Crippen LogP contribution in [0.25, 0.3) is 0 Å². The summed E-state index contributed by atoms with van der Waals surface area (Å²) in [6.45, 7) is 2.20. The first-order valence-corrected chi connectivity index (χ1v) is 11.5. The fourth-order valence-corrected chi connectivity index (χ4v) is 4.64. The number of carbonyl (C=O) groups excluding carboxylic acids is 1. The Morgan fingerprint density at radius 3 is 2.13 bits per heavy atom. The number of fused-ring (bicyclic) bond motifs is 1. The Bertz CT molecular complexity index is 860. The van der Waals surface area contributed by atoms with E-state index in [-0.39, 0.29) is 11.8 Å². The molecular formula is C26H32F3NO. The molecule has 2 nitrogen and oxygen atoms in total. The quantitative estimate of drug-likeness (QED) is 0.396. The lowest BCUT2D eigenvalue weighted by molar-refractivity contribution is -0.121. The van der Waals surface area contributed by atoms with Gasteiger partial charge in [0.1, 0.15) is 11.5 Å². The van der Waals surface area contributed by atoms with E-state index in [2.05, 4.69) is 18.3 Å². The van der Waals surface area contributed by atoms with Crippen molar-refractivity contribution in [2.45, 2.75) is 71.1 Å². The fourth-order valence-electron chi connectivity index (χ4n) is 4.64. The van der Waals surface area contributed by atoms with E-state index in [1.807, 2.05) is 18.2 Å². The topological polar surface area (TPSA) is 29.1 Å². The highest BCUT2D eigenvalue weighted by Gasteiger charge is 2.33. The van der Waals surface area contributed by atoms with Crippen LogP contribution in [0.5, 0.6) is 0 Å². The minimum Gasteiger partial charge on any atom is -0.321 e. The third kappa shape index (κ3) is 6.34. The van der Waals surface area contributed by atoms with Crippen LogP contribution in [0, 0.1) is 29.3 Å². The number of amides is 1. The van der Waals surface area contributed by atoms with Gasteiger partial charge in [0, 0.05) is 18.1 Å². The molecule has 2 aromatic rings. The SMILES string of the molecule is CCCCCCCCCC1Cc2ccccc2CC1C(=O)Nc1c(F)cc(F)cc1F. The minimum atomic E-state index is -1.09. The van der Waals surface area contributed by atoms with Crippen LogP contribution in [0.2, 0.25) is 0 Å². The van der Waals surface area contributed by atoms with Crippen molar-refractivity contribution in [2.24, 2.45) is 11.8 Å². The van der Waals surface area contributed by atoms with E-state index in [0.717, 1.165) is 31.2 Å². The molecule has 31 heavy (non-hydrogen) atoms. The highest BCUT2D eigenvalue weighted by Crippen LogP contribution is 2.35. The number of hydrogen-bond acceptors (Lipinski definition) is 1. The molecule has 3 rings (SSSR count). The molecule has 0 aromatic heterocycles. The highest BCUT2D eigenvalue weighted by molar-refractivity contribution is 5.93. The van der Waals surface area contributed by atoms with Gasteiger partial charge in [-0.2, -0.15) is 0 Å². The van der Waals surface area contributed by atoms with Crippen molar-refractivity contribution in [3.05, 3.63) is 65.0 Å². The molecule has 5 heteroatoms. The van der Waals surface area contributed by atoms with Crippen molar-refractivity contribution in [3.8, 4) is 0 Å². The molecule has 0 fully saturated rings. The number of anilines is 1. The van der Waals surface area contributed by atoms with Gasteiger partial charge in [0.2, 0.25) is 5.91 Å². The van der Waals surface area contributed by atoms with Crippen molar-refractivity contribution in [1.82, 2.24) is 0 Å². The Morgan fingerprint density at radius 2 is 1.48 bits per heavy atom. The van der Waals surface area contributed by atoms with Crippen LogP contribution in [0.4, 0.5) is 18.9 Å². The smallest absolute Gasteiger partial charge is 0.228 e. The summed E-state index contributed by atoms with van der Waals surface area (Å²) >= 11 is 0. The van der Waals surface area contributed by atoms with Crippen LogP contribution in [-0.2, 0) is 17.6 Å². The lowest BCUT2D eigenvalue weighted by Gasteiger charge is -2.32. The van der Waals surface area contributed by atoms with Crippen LogP contribution in [0.1, 0.15) is 69.4 Å². The molecule has 0 aliphatic heterocycles. The average Bonchev–Trinajstić information content (AvgIpc) is 2.75. The van der Waals surface area contributed by atoms with E-state index < -0.39 is 29.0 Å². The van der Waals surface area contributed by atoms with Gasteiger partial charge in [0.25, 0.3) is 0 Å². The van der Waals surface area contributed by atoms with Gasteiger partial charge in [-0.3, -0.25) is 4.79 Å². The molecule has 1 N–H and O–H groups in total. The number of unbranched alkanes of at least 4 members (excludes halogenated alkanes) is 6. The standard InChI is InChI=1S/C26H32F3NO/c1-2-3-4-5-6-7-8-13-20-14-18-11-9-10-12-19(18)15-22(20)26(31)30-25-23(28)16-21(27)17-24(25)29/h9-12,16-17,20,22H,2-8,13-15H2,1H3,(H,30,31). The van der Waals surface area contributed by atoms with E-state index in [1.165, 1.54) is 37.7 Å². The number of rotatable bonds is 10. The Balaban J connectivity index is 1.67. The summed E-state index contributed by atoms with van der Waals surface area (Å²) in [6, 6.07) is 9.24. The molecule has 2 aromatic carbocycles. The molecule has 1 amide bonds. The van der Waals surface area contributed by atoms with Gasteiger partial charge in [-0.15, -0.1) is 0 Å². The summed E-state index contributed by atoms with van der Waals surface area (Å²) in [5.41, 5.74) is 1.79. The third-order valence-corrected chi connectivity index (χ3v) is 6.38. The number of carbonyl (C=O) groups is 1. The second kappa shape index (κ2) is 11.4. The first-order valence-electron chi connectivity index (χ1n) is 11.5. The molecule has 2 atom stereocenters. The molecule has 0 heterocycles. The molecule has 1 aliphatic carbocycles. The molecule has 0 radical (unpaired) electrons. The third-order valence-electron chi connectivity index (χ3n) is 6.38. The average molecular weight is 432 g/mol. The van der Waals surface area contributed by atoms with Crippen LogP contribution in [0.15, 0.2) is 36.4 Å². The van der Waals surface area contributed by atoms with Crippen LogP contribution < -0.4 is 5.32 Å². The molecule has 0 saturated carbocycles. The summed E-state index contributed by atoms with van der Waals surface area (Å²) in [4.78, 5) is 13.0. The predicted molar refractivity (Wildman–Crippen MR) is 118 cm³/mol. The summed E-state index contributed by atoms with van der Waals surface area (Å²) in [5, 5.41) is 2.41. The van der Waals surface area contributed by atoms with Crippen molar-refractivity contribution < 1.29 is 18.0 Å². The fraction of sp³-hybridized carbons (Fsp3) is 0.500. The van der Waals surface area contributed by atoms with Crippen molar-refractivity contribution in [3.63, 3.8) is 0 Å². The van der Waals surface area contributed by atoms with Gasteiger partial charge in [0.15, 0.2) is 11.6 Å². The first kappa shape index (κ1) is 23.4. The molecular weight excluding hydrogens is 399 g/mol. The monoisotopic (exact) mass is 431 g/mol. The second-order valence-corrected chi connectivity index (χ2v) is 8.69. The summed E-state index contributed by atoms with van der Waals surface area (Å²) in [6.07, 6.45) is 10.7. The predicted octanol–water partition coefficient (Wildman–Crippen LogP) is 7.21. The van der Waals surface area contributed by atoms with Gasteiger partial charge in [-0.25, -0.2) is 13.2 Å². The number of benzene rings is 2. The molecule has 0 spiro atoms. The Kier molecular flexibility index (Phi) is 8.56. The number of halogens is 3. The van der Waals surface area contributed by atoms with Gasteiger partial charge in [0.05, 0.1) is 0 Å². The van der Waals surface area contributed by atoms with Gasteiger partial charge < -0.3 is 5.32 Å². The zero-order chi connectivity index (χ0) is 22.2. The molecule has 2 unspecified atom stereocenters. The van der Waals surface area contributed by atoms with Crippen molar-refractivity contribution in [1.29, 1.82) is 0 Å². The maximum Gasteiger partial charge on any atom is 0.228 e. The lowest BCUT2D eigenvalue weighted by atomic mass is 9.73. The van der Waals surface area contributed by atoms with E-state index in [4.69, 9.17) is 0 Å². The van der Waals surface area contributed by atoms with Crippen molar-refractivity contribution in [2.75, 3.05) is 5.32 Å². The van der Waals surface area contributed by atoms with Crippen LogP contribution in [-0.4, -0.2) is 5.91 Å². The molecule has 168 valence electrons. The summed E-state index contributed by atoms with van der Waals surface area (Å²) < 4.78 is 41.3. The van der Waals surface area contributed by atoms with Crippen LogP contribution in [0.3, 0.4) is 0 Å². The number of hydrogen-bond donors (Lipinski definition) is 1. The first-order chi connectivity index (χ1) is 15.0. The van der Waals surface area contributed by atoms with Crippen molar-refractivity contribution >= 4 is 11.6 Å². The van der Waals surface area contributed by atoms with Gasteiger partial charge in [-0.05, 0) is 36.3 Å². The van der Waals surface area contributed by atoms with E-state index in [9.17, 15) is 18.0 Å². The maximum absolute atomic E-state index is 14.1. The largest absolute Gasteiger partial charge is 0.321 e. The minimum absolute atomic E-state index is 0.122. The van der Waals surface area contributed by atoms with Gasteiger partial charge in [-0.1, -0.05) is 76.1 Å². The zero-order valence-electron chi connectivity index (χ0n) is 18.2. The summed E-state index contributed by atoms with van der Waals surface area (Å²) in [5.74, 6) is -3.82. The highest BCUT2D eigenvalue weighted by atomic mass is 19.1.